The Bertz CT molecular complexity index is 565. The molecule has 0 atom stereocenters. The van der Waals surface area contributed by atoms with Crippen LogP contribution in [-0.4, -0.2) is 16.2 Å². The average Bonchev–Trinajstić information content (AvgIpc) is 2.30. The van der Waals surface area contributed by atoms with Crippen LogP contribution in [0.4, 0.5) is 0 Å². The topological polar surface area (TPSA) is 57.5 Å². The van der Waals surface area contributed by atoms with Crippen LogP contribution < -0.4 is 0 Å². The highest BCUT2D eigenvalue weighted by atomic mass is 16.4. The third-order valence-electron chi connectivity index (χ3n) is 2.44. The predicted octanol–water partition coefficient (Wildman–Crippen LogP) is 2.82. The van der Waals surface area contributed by atoms with Crippen molar-refractivity contribution in [1.29, 1.82) is 0 Å². The van der Waals surface area contributed by atoms with Crippen molar-refractivity contribution >= 4 is 22.3 Å². The molecule has 0 spiro atoms. The van der Waals surface area contributed by atoms with E-state index in [4.69, 9.17) is 10.2 Å². The van der Waals surface area contributed by atoms with E-state index in [-0.39, 0.29) is 5.57 Å². The molecule has 80 valence electrons. The number of hydrogen-bond acceptors (Lipinski definition) is 2. The molecule has 16 heavy (non-hydrogen) atoms. The van der Waals surface area contributed by atoms with Crippen LogP contribution in [0.15, 0.2) is 48.7 Å². The molecule has 3 heteroatoms. The van der Waals surface area contributed by atoms with Crippen molar-refractivity contribution in [2.24, 2.45) is 0 Å². The van der Waals surface area contributed by atoms with E-state index in [0.717, 1.165) is 10.8 Å². The Balaban J connectivity index is 2.74. The molecule has 3 nitrogen and oxygen atoms in total. The zero-order valence-corrected chi connectivity index (χ0v) is 8.42. The molecule has 0 aliphatic heterocycles. The lowest BCUT2D eigenvalue weighted by molar-refractivity contribution is -0.130. The Morgan fingerprint density at radius 3 is 2.44 bits per heavy atom. The van der Waals surface area contributed by atoms with E-state index in [1.807, 2.05) is 30.3 Å². The lowest BCUT2D eigenvalue weighted by Gasteiger charge is -2.05. The van der Waals surface area contributed by atoms with Gasteiger partial charge in [0.05, 0.1) is 6.26 Å². The Morgan fingerprint density at radius 1 is 1.06 bits per heavy atom. The zero-order chi connectivity index (χ0) is 11.5. The fourth-order valence-corrected chi connectivity index (χ4v) is 1.70. The second-order valence-corrected chi connectivity index (χ2v) is 3.37. The minimum atomic E-state index is -1.14. The van der Waals surface area contributed by atoms with Gasteiger partial charge < -0.3 is 10.2 Å². The largest absolute Gasteiger partial charge is 0.515 e. The monoisotopic (exact) mass is 214 g/mol. The maximum atomic E-state index is 10.9. The van der Waals surface area contributed by atoms with Gasteiger partial charge in [-0.3, -0.25) is 0 Å². The van der Waals surface area contributed by atoms with E-state index in [0.29, 0.717) is 11.8 Å². The van der Waals surface area contributed by atoms with Gasteiger partial charge in [0.2, 0.25) is 0 Å². The fourth-order valence-electron chi connectivity index (χ4n) is 1.70. The number of aliphatic hydroxyl groups excluding tert-OH is 1. The minimum Gasteiger partial charge on any atom is -0.515 e. The van der Waals surface area contributed by atoms with Gasteiger partial charge >= 0.3 is 5.97 Å². The summed E-state index contributed by atoms with van der Waals surface area (Å²) in [6, 6.07) is 12.8. The van der Waals surface area contributed by atoms with Crippen LogP contribution in [0.5, 0.6) is 0 Å². The first-order chi connectivity index (χ1) is 7.74. The van der Waals surface area contributed by atoms with Crippen molar-refractivity contribution in [3.63, 3.8) is 0 Å². The van der Waals surface area contributed by atoms with Crippen molar-refractivity contribution in [2.75, 3.05) is 0 Å². The molecule has 0 amide bonds. The first-order valence-corrected chi connectivity index (χ1v) is 4.80. The Kier molecular flexibility index (Phi) is 2.60. The van der Waals surface area contributed by atoms with E-state index in [9.17, 15) is 4.79 Å². The molecule has 0 aromatic heterocycles. The van der Waals surface area contributed by atoms with Crippen LogP contribution in [0.3, 0.4) is 0 Å². The molecule has 0 unspecified atom stereocenters. The van der Waals surface area contributed by atoms with Gasteiger partial charge in [0, 0.05) is 0 Å². The number of carboxylic acids is 1. The van der Waals surface area contributed by atoms with Gasteiger partial charge in [-0.1, -0.05) is 42.5 Å². The van der Waals surface area contributed by atoms with E-state index < -0.39 is 5.97 Å². The Labute approximate surface area is 92.3 Å². The minimum absolute atomic E-state index is 0.100. The van der Waals surface area contributed by atoms with Gasteiger partial charge in [-0.05, 0) is 16.3 Å². The SMILES string of the molecule is O=C(O)/C(=C/O)c1cccc2ccccc12. The maximum Gasteiger partial charge on any atom is 0.339 e. The number of carboxylic acid groups (broad SMARTS) is 1. The number of aliphatic hydroxyl groups is 1. The molecule has 2 aromatic carbocycles. The van der Waals surface area contributed by atoms with Gasteiger partial charge in [0.1, 0.15) is 5.57 Å². The van der Waals surface area contributed by atoms with Gasteiger partial charge in [0.15, 0.2) is 0 Å². The average molecular weight is 214 g/mol. The summed E-state index contributed by atoms with van der Waals surface area (Å²) in [6.45, 7) is 0. The fraction of sp³-hybridized carbons (Fsp3) is 0. The molecule has 0 aliphatic rings. The second-order valence-electron chi connectivity index (χ2n) is 3.37. The number of rotatable bonds is 2. The standard InChI is InChI=1S/C13H10O3/c14-8-12(13(15)16)11-7-3-5-9-4-1-2-6-10(9)11/h1-8,14H,(H,15,16)/b12-8+. The highest BCUT2D eigenvalue weighted by Gasteiger charge is 2.12. The number of benzene rings is 2. The molecule has 2 N–H and O–H groups in total. The summed E-state index contributed by atoms with van der Waals surface area (Å²) >= 11 is 0. The van der Waals surface area contributed by atoms with Crippen molar-refractivity contribution in [3.05, 3.63) is 54.3 Å². The maximum absolute atomic E-state index is 10.9. The van der Waals surface area contributed by atoms with Crippen LogP contribution in [0.25, 0.3) is 16.3 Å². The summed E-state index contributed by atoms with van der Waals surface area (Å²) in [5, 5.41) is 19.7. The third kappa shape index (κ3) is 1.63. The summed E-state index contributed by atoms with van der Waals surface area (Å²) < 4.78 is 0. The van der Waals surface area contributed by atoms with Crippen molar-refractivity contribution < 1.29 is 15.0 Å². The highest BCUT2D eigenvalue weighted by molar-refractivity contribution is 6.18. The normalized spacial score (nSPS) is 11.6. The quantitative estimate of drug-likeness (QED) is 0.597. The van der Waals surface area contributed by atoms with Gasteiger partial charge in [-0.15, -0.1) is 0 Å². The molecular weight excluding hydrogens is 204 g/mol. The molecule has 0 fully saturated rings. The summed E-state index contributed by atoms with van der Waals surface area (Å²) in [5.41, 5.74) is 0.421. The van der Waals surface area contributed by atoms with Crippen LogP contribution in [0.1, 0.15) is 5.56 Å². The summed E-state index contributed by atoms with van der Waals surface area (Å²) in [4.78, 5) is 10.9. The number of aliphatic carboxylic acids is 1. The van der Waals surface area contributed by atoms with Crippen LogP contribution in [0.2, 0.25) is 0 Å². The van der Waals surface area contributed by atoms with E-state index >= 15 is 0 Å². The number of hydrogen-bond donors (Lipinski definition) is 2. The van der Waals surface area contributed by atoms with E-state index in [2.05, 4.69) is 0 Å². The van der Waals surface area contributed by atoms with Gasteiger partial charge in [0.25, 0.3) is 0 Å². The van der Waals surface area contributed by atoms with Crippen LogP contribution in [0, 0.1) is 0 Å². The van der Waals surface area contributed by atoms with Gasteiger partial charge in [-0.2, -0.15) is 0 Å². The third-order valence-corrected chi connectivity index (χ3v) is 2.44. The first-order valence-electron chi connectivity index (χ1n) is 4.80. The van der Waals surface area contributed by atoms with Gasteiger partial charge in [-0.25, -0.2) is 4.79 Å². The van der Waals surface area contributed by atoms with Crippen LogP contribution in [-0.2, 0) is 4.79 Å². The first kappa shape index (κ1) is 10.2. The lowest BCUT2D eigenvalue weighted by Crippen LogP contribution is -2.00. The van der Waals surface area contributed by atoms with E-state index in [1.165, 1.54) is 0 Å². The molecule has 2 aromatic rings. The molecule has 0 aliphatic carbocycles. The Hall–Kier alpha value is -2.29. The molecule has 2 rings (SSSR count). The molecule has 0 bridgehead atoms. The second kappa shape index (κ2) is 4.06. The number of fused-ring (bicyclic) bond motifs is 1. The summed E-state index contributed by atoms with van der Waals surface area (Å²) in [5.74, 6) is -1.14. The molecule has 0 saturated carbocycles. The zero-order valence-electron chi connectivity index (χ0n) is 8.42. The molecule has 0 radical (unpaired) electrons. The van der Waals surface area contributed by atoms with Crippen LogP contribution >= 0.6 is 0 Å². The summed E-state index contributed by atoms with van der Waals surface area (Å²) in [6.07, 6.45) is 0.629. The molecule has 0 heterocycles. The van der Waals surface area contributed by atoms with Crippen molar-refractivity contribution in [1.82, 2.24) is 0 Å². The van der Waals surface area contributed by atoms with Crippen molar-refractivity contribution in [2.45, 2.75) is 0 Å². The predicted molar refractivity (Wildman–Crippen MR) is 62.2 cm³/mol. The van der Waals surface area contributed by atoms with E-state index in [1.54, 1.807) is 12.1 Å². The smallest absolute Gasteiger partial charge is 0.339 e. The van der Waals surface area contributed by atoms with Crippen molar-refractivity contribution in [3.8, 4) is 0 Å². The Morgan fingerprint density at radius 2 is 1.75 bits per heavy atom. The summed E-state index contributed by atoms with van der Waals surface area (Å²) in [7, 11) is 0. The molecular formula is C13H10O3. The molecule has 0 saturated heterocycles. The number of carbonyl (C=O) groups is 1. The lowest BCUT2D eigenvalue weighted by atomic mass is 9.99. The highest BCUT2D eigenvalue weighted by Crippen LogP contribution is 2.24.